The van der Waals surface area contributed by atoms with Crippen LogP contribution in [0.2, 0.25) is 0 Å². The maximum absolute atomic E-state index is 14.1. The molecule has 0 N–H and O–H groups in total. The van der Waals surface area contributed by atoms with Crippen molar-refractivity contribution in [2.75, 3.05) is 7.11 Å². The monoisotopic (exact) mass is 282 g/mol. The Kier molecular flexibility index (Phi) is 4.19. The summed E-state index contributed by atoms with van der Waals surface area (Å²) >= 11 is 6.27. The molecule has 1 aromatic rings. The number of methoxy groups -OCH3 is 1. The third-order valence-electron chi connectivity index (χ3n) is 3.55. The average molecular weight is 283 g/mol. The van der Waals surface area contributed by atoms with Crippen LogP contribution in [0.25, 0.3) is 0 Å². The van der Waals surface area contributed by atoms with E-state index in [0.29, 0.717) is 17.7 Å². The summed E-state index contributed by atoms with van der Waals surface area (Å²) in [4.78, 5) is 0. The number of hydrogen-bond donors (Lipinski definition) is 0. The SMILES string of the molecule is COc1cccc(CC2=CC(Cl)CC(C)(C)C2)c1F. The number of ether oxygens (including phenoxy) is 1. The van der Waals surface area contributed by atoms with Crippen molar-refractivity contribution >= 4 is 11.6 Å². The van der Waals surface area contributed by atoms with E-state index in [2.05, 4.69) is 19.9 Å². The fourth-order valence-corrected chi connectivity index (χ4v) is 3.40. The van der Waals surface area contributed by atoms with Crippen LogP contribution in [-0.4, -0.2) is 12.5 Å². The van der Waals surface area contributed by atoms with Gasteiger partial charge in [-0.05, 0) is 36.3 Å². The molecule has 0 saturated carbocycles. The lowest BCUT2D eigenvalue weighted by molar-refractivity contribution is 0.320. The molecule has 19 heavy (non-hydrogen) atoms. The van der Waals surface area contributed by atoms with Crippen molar-refractivity contribution in [3.05, 3.63) is 41.2 Å². The highest BCUT2D eigenvalue weighted by Gasteiger charge is 2.28. The minimum Gasteiger partial charge on any atom is -0.494 e. The Morgan fingerprint density at radius 2 is 2.16 bits per heavy atom. The number of alkyl halides is 1. The zero-order valence-electron chi connectivity index (χ0n) is 11.7. The molecule has 1 aliphatic carbocycles. The van der Waals surface area contributed by atoms with Gasteiger partial charge in [0.25, 0.3) is 0 Å². The first-order valence-corrected chi connectivity index (χ1v) is 7.00. The molecule has 3 heteroatoms. The van der Waals surface area contributed by atoms with Gasteiger partial charge in [0.15, 0.2) is 11.6 Å². The summed E-state index contributed by atoms with van der Waals surface area (Å²) in [6, 6.07) is 5.27. The van der Waals surface area contributed by atoms with E-state index < -0.39 is 0 Å². The first kappa shape index (κ1) is 14.4. The van der Waals surface area contributed by atoms with Crippen LogP contribution in [0.15, 0.2) is 29.8 Å². The van der Waals surface area contributed by atoms with Crippen LogP contribution < -0.4 is 4.74 Å². The highest BCUT2D eigenvalue weighted by Crippen LogP contribution is 2.38. The lowest BCUT2D eigenvalue weighted by Crippen LogP contribution is -2.23. The van der Waals surface area contributed by atoms with Gasteiger partial charge in [-0.3, -0.25) is 0 Å². The van der Waals surface area contributed by atoms with Gasteiger partial charge in [0.05, 0.1) is 12.5 Å². The van der Waals surface area contributed by atoms with Crippen molar-refractivity contribution < 1.29 is 9.13 Å². The Morgan fingerprint density at radius 3 is 2.79 bits per heavy atom. The van der Waals surface area contributed by atoms with E-state index in [9.17, 15) is 4.39 Å². The van der Waals surface area contributed by atoms with Gasteiger partial charge in [-0.2, -0.15) is 0 Å². The second-order valence-corrected chi connectivity index (χ2v) is 6.56. The lowest BCUT2D eigenvalue weighted by atomic mass is 9.76. The Bertz CT molecular complexity index is 494. The number of benzene rings is 1. The maximum atomic E-state index is 14.1. The zero-order valence-corrected chi connectivity index (χ0v) is 12.4. The summed E-state index contributed by atoms with van der Waals surface area (Å²) in [5.41, 5.74) is 2.07. The Labute approximate surface area is 119 Å². The standard InChI is InChI=1S/C16H20ClFO/c1-16(2)9-11(8-13(17)10-16)7-12-5-4-6-14(19-3)15(12)18/h4-6,8,13H,7,9-10H2,1-3H3. The zero-order chi connectivity index (χ0) is 14.0. The molecule has 1 aliphatic rings. The van der Waals surface area contributed by atoms with E-state index in [4.69, 9.17) is 16.3 Å². The quantitative estimate of drug-likeness (QED) is 0.575. The normalized spacial score (nSPS) is 21.9. The fraction of sp³-hybridized carbons (Fsp3) is 0.500. The number of hydrogen-bond acceptors (Lipinski definition) is 1. The van der Waals surface area contributed by atoms with E-state index >= 15 is 0 Å². The van der Waals surface area contributed by atoms with Gasteiger partial charge >= 0.3 is 0 Å². The fourth-order valence-electron chi connectivity index (χ4n) is 2.80. The molecule has 1 atom stereocenters. The molecule has 2 rings (SSSR count). The van der Waals surface area contributed by atoms with Gasteiger partial charge in [-0.15, -0.1) is 11.6 Å². The summed E-state index contributed by atoms with van der Waals surface area (Å²) in [6.45, 7) is 4.41. The van der Waals surface area contributed by atoms with Gasteiger partial charge in [0.1, 0.15) is 0 Å². The second-order valence-electron chi connectivity index (χ2n) is 6.00. The van der Waals surface area contributed by atoms with Crippen molar-refractivity contribution in [3.8, 4) is 5.75 Å². The van der Waals surface area contributed by atoms with Crippen LogP contribution in [0.3, 0.4) is 0 Å². The van der Waals surface area contributed by atoms with E-state index in [0.717, 1.165) is 12.8 Å². The minimum absolute atomic E-state index is 0.0485. The summed E-state index contributed by atoms with van der Waals surface area (Å²) in [6.07, 6.45) is 4.62. The minimum atomic E-state index is -0.264. The molecule has 0 amide bonds. The topological polar surface area (TPSA) is 9.23 Å². The molecular formula is C16H20ClFO. The number of allylic oxidation sites excluding steroid dienone is 2. The number of rotatable bonds is 3. The maximum Gasteiger partial charge on any atom is 0.168 e. The van der Waals surface area contributed by atoms with Crippen molar-refractivity contribution in [2.24, 2.45) is 5.41 Å². The van der Waals surface area contributed by atoms with Gasteiger partial charge in [-0.25, -0.2) is 4.39 Å². The van der Waals surface area contributed by atoms with Crippen molar-refractivity contribution in [2.45, 2.75) is 38.5 Å². The average Bonchev–Trinajstić information content (AvgIpc) is 2.29. The summed E-state index contributed by atoms with van der Waals surface area (Å²) in [7, 11) is 1.49. The van der Waals surface area contributed by atoms with E-state index in [1.807, 2.05) is 12.1 Å². The third-order valence-corrected chi connectivity index (χ3v) is 3.83. The van der Waals surface area contributed by atoms with Crippen LogP contribution in [0.1, 0.15) is 32.3 Å². The molecule has 1 unspecified atom stereocenters. The van der Waals surface area contributed by atoms with Crippen molar-refractivity contribution in [1.29, 1.82) is 0 Å². The molecule has 104 valence electrons. The molecule has 0 bridgehead atoms. The van der Waals surface area contributed by atoms with Crippen LogP contribution in [0, 0.1) is 11.2 Å². The molecular weight excluding hydrogens is 263 g/mol. The van der Waals surface area contributed by atoms with E-state index in [1.165, 1.54) is 12.7 Å². The van der Waals surface area contributed by atoms with Crippen LogP contribution >= 0.6 is 11.6 Å². The molecule has 0 saturated heterocycles. The molecule has 1 nitrogen and oxygen atoms in total. The van der Waals surface area contributed by atoms with Gasteiger partial charge < -0.3 is 4.74 Å². The highest BCUT2D eigenvalue weighted by atomic mass is 35.5. The molecule has 0 aliphatic heterocycles. The smallest absolute Gasteiger partial charge is 0.168 e. The molecule has 0 radical (unpaired) electrons. The van der Waals surface area contributed by atoms with Gasteiger partial charge in [0, 0.05) is 0 Å². The Hall–Kier alpha value is -1.02. The van der Waals surface area contributed by atoms with Gasteiger partial charge in [0.2, 0.25) is 0 Å². The van der Waals surface area contributed by atoms with E-state index in [-0.39, 0.29) is 16.6 Å². The highest BCUT2D eigenvalue weighted by molar-refractivity contribution is 6.21. The first-order valence-electron chi connectivity index (χ1n) is 6.56. The summed E-state index contributed by atoms with van der Waals surface area (Å²) < 4.78 is 19.1. The van der Waals surface area contributed by atoms with Gasteiger partial charge in [-0.1, -0.05) is 37.6 Å². The molecule has 1 aromatic carbocycles. The van der Waals surface area contributed by atoms with Crippen LogP contribution in [-0.2, 0) is 6.42 Å². The Balaban J connectivity index is 2.22. The second kappa shape index (κ2) is 5.54. The molecule has 0 fully saturated rings. The van der Waals surface area contributed by atoms with Crippen molar-refractivity contribution in [1.82, 2.24) is 0 Å². The third kappa shape index (κ3) is 3.50. The predicted molar refractivity (Wildman–Crippen MR) is 77.4 cm³/mol. The molecule has 0 spiro atoms. The number of halogens is 2. The first-order chi connectivity index (χ1) is 8.91. The summed E-state index contributed by atoms with van der Waals surface area (Å²) in [5.74, 6) is 0.0380. The molecule has 0 aromatic heterocycles. The summed E-state index contributed by atoms with van der Waals surface area (Å²) in [5, 5.41) is 0.0485. The van der Waals surface area contributed by atoms with Crippen LogP contribution in [0.5, 0.6) is 5.75 Å². The predicted octanol–water partition coefficient (Wildman–Crippen LogP) is 4.73. The van der Waals surface area contributed by atoms with E-state index in [1.54, 1.807) is 6.07 Å². The van der Waals surface area contributed by atoms with Crippen molar-refractivity contribution in [3.63, 3.8) is 0 Å². The Morgan fingerprint density at radius 1 is 1.42 bits per heavy atom. The lowest BCUT2D eigenvalue weighted by Gasteiger charge is -2.32. The largest absolute Gasteiger partial charge is 0.494 e. The molecule has 0 heterocycles. The van der Waals surface area contributed by atoms with Crippen LogP contribution in [0.4, 0.5) is 4.39 Å².